The molecule has 0 bridgehead atoms. The van der Waals surface area contributed by atoms with Crippen molar-refractivity contribution in [2.45, 2.75) is 32.7 Å². The summed E-state index contributed by atoms with van der Waals surface area (Å²) < 4.78 is 10.00. The van der Waals surface area contributed by atoms with Crippen molar-refractivity contribution >= 4 is 18.1 Å². The van der Waals surface area contributed by atoms with E-state index in [1.165, 1.54) is 4.90 Å². The van der Waals surface area contributed by atoms with Gasteiger partial charge in [0, 0.05) is 19.1 Å². The summed E-state index contributed by atoms with van der Waals surface area (Å²) in [6.07, 6.45) is 0.943. The van der Waals surface area contributed by atoms with Crippen LogP contribution >= 0.6 is 0 Å². The Kier molecular flexibility index (Phi) is 7.96. The van der Waals surface area contributed by atoms with Gasteiger partial charge in [-0.25, -0.2) is 9.59 Å². The number of likely N-dealkylation sites (tertiary alicyclic amines) is 1. The molecule has 0 aromatic rings. The molecular formula is C17H31N4O5+. The molecule has 2 saturated heterocycles. The van der Waals surface area contributed by atoms with E-state index in [0.717, 1.165) is 25.9 Å². The molecule has 26 heavy (non-hydrogen) atoms. The Morgan fingerprint density at radius 3 is 1.92 bits per heavy atom. The van der Waals surface area contributed by atoms with Crippen molar-refractivity contribution < 1.29 is 28.8 Å². The van der Waals surface area contributed by atoms with E-state index in [-0.39, 0.29) is 24.1 Å². The number of amides is 3. The maximum absolute atomic E-state index is 12.3. The molecule has 0 aromatic heterocycles. The Balaban J connectivity index is 1.64. The Labute approximate surface area is 154 Å². The molecule has 2 fully saturated rings. The zero-order valence-electron chi connectivity index (χ0n) is 15.8. The molecule has 2 aliphatic heterocycles. The smallest absolute Gasteiger partial charge is 0.410 e. The molecule has 3 amide bonds. The molecule has 9 nitrogen and oxygen atoms in total. The summed E-state index contributed by atoms with van der Waals surface area (Å²) in [5.74, 6) is 0.0270. The van der Waals surface area contributed by atoms with Crippen LogP contribution in [0, 0.1) is 0 Å². The summed E-state index contributed by atoms with van der Waals surface area (Å²) >= 11 is 0. The van der Waals surface area contributed by atoms with Gasteiger partial charge < -0.3 is 24.6 Å². The van der Waals surface area contributed by atoms with Gasteiger partial charge in [-0.2, -0.15) is 0 Å². The van der Waals surface area contributed by atoms with Gasteiger partial charge in [0.2, 0.25) is 0 Å². The lowest BCUT2D eigenvalue weighted by molar-refractivity contribution is -0.896. The normalized spacial score (nSPS) is 19.2. The Hall–Kier alpha value is -2.03. The molecule has 0 saturated carbocycles. The van der Waals surface area contributed by atoms with E-state index < -0.39 is 0 Å². The molecular weight excluding hydrogens is 340 g/mol. The van der Waals surface area contributed by atoms with Crippen LogP contribution in [-0.4, -0.2) is 93.0 Å². The van der Waals surface area contributed by atoms with Crippen molar-refractivity contribution in [3.63, 3.8) is 0 Å². The van der Waals surface area contributed by atoms with E-state index in [4.69, 9.17) is 9.47 Å². The van der Waals surface area contributed by atoms with Crippen LogP contribution in [0.25, 0.3) is 0 Å². The molecule has 2 N–H and O–H groups in total. The number of ether oxygens (including phenoxy) is 2. The quantitative estimate of drug-likeness (QED) is 0.652. The van der Waals surface area contributed by atoms with Crippen molar-refractivity contribution in [2.24, 2.45) is 0 Å². The molecule has 2 heterocycles. The number of quaternary nitrogens is 1. The second-order valence-corrected chi connectivity index (χ2v) is 6.64. The third-order valence-corrected chi connectivity index (χ3v) is 4.79. The molecule has 0 spiro atoms. The van der Waals surface area contributed by atoms with Crippen LogP contribution in [0.15, 0.2) is 0 Å². The van der Waals surface area contributed by atoms with Crippen LogP contribution < -0.4 is 10.2 Å². The van der Waals surface area contributed by atoms with E-state index in [9.17, 15) is 14.4 Å². The number of nitrogens with zero attached hydrogens (tertiary/aromatic N) is 2. The summed E-state index contributed by atoms with van der Waals surface area (Å²) in [7, 11) is 0. The van der Waals surface area contributed by atoms with E-state index in [1.807, 2.05) is 0 Å². The number of hydrogen-bond acceptors (Lipinski definition) is 5. The third-order valence-electron chi connectivity index (χ3n) is 4.79. The fraction of sp³-hybridized carbons (Fsp3) is 0.824. The molecule has 0 radical (unpaired) electrons. The number of piperazine rings is 1. The fourth-order valence-electron chi connectivity index (χ4n) is 3.32. The first-order valence-corrected chi connectivity index (χ1v) is 9.49. The van der Waals surface area contributed by atoms with Crippen molar-refractivity contribution in [2.75, 3.05) is 59.0 Å². The number of rotatable bonds is 5. The highest BCUT2D eigenvalue weighted by Crippen LogP contribution is 2.11. The van der Waals surface area contributed by atoms with Gasteiger partial charge in [0.15, 0.2) is 6.54 Å². The van der Waals surface area contributed by atoms with Crippen LogP contribution in [0.2, 0.25) is 0 Å². The lowest BCUT2D eigenvalue weighted by Crippen LogP contribution is -3.15. The van der Waals surface area contributed by atoms with Crippen LogP contribution in [0.1, 0.15) is 26.7 Å². The Morgan fingerprint density at radius 1 is 0.923 bits per heavy atom. The fourth-order valence-corrected chi connectivity index (χ4v) is 3.32. The minimum absolute atomic E-state index is 0.0270. The molecule has 0 atom stereocenters. The summed E-state index contributed by atoms with van der Waals surface area (Å²) in [5, 5.41) is 3.07. The SMILES string of the molecule is CCOC(=O)N1CCC(NC(=O)C[NH+]2CCN(C(=O)OCC)CC2)CC1. The summed E-state index contributed by atoms with van der Waals surface area (Å²) in [5.41, 5.74) is 0. The summed E-state index contributed by atoms with van der Waals surface area (Å²) in [4.78, 5) is 40.2. The maximum atomic E-state index is 12.3. The van der Waals surface area contributed by atoms with Gasteiger partial charge in [0.25, 0.3) is 5.91 Å². The highest BCUT2D eigenvalue weighted by Gasteiger charge is 2.28. The highest BCUT2D eigenvalue weighted by molar-refractivity contribution is 5.77. The first-order chi connectivity index (χ1) is 12.5. The third kappa shape index (κ3) is 6.05. The molecule has 0 aromatic carbocycles. The zero-order valence-corrected chi connectivity index (χ0v) is 15.8. The lowest BCUT2D eigenvalue weighted by atomic mass is 10.1. The highest BCUT2D eigenvalue weighted by atomic mass is 16.6. The number of carbonyl (C=O) groups excluding carboxylic acids is 3. The van der Waals surface area contributed by atoms with Crippen LogP contribution in [0.4, 0.5) is 9.59 Å². The van der Waals surface area contributed by atoms with Crippen molar-refractivity contribution in [1.82, 2.24) is 15.1 Å². The number of carbonyl (C=O) groups is 3. The van der Waals surface area contributed by atoms with Crippen LogP contribution in [0.3, 0.4) is 0 Å². The average molecular weight is 371 g/mol. The molecule has 148 valence electrons. The van der Waals surface area contributed by atoms with Gasteiger partial charge in [0.05, 0.1) is 39.4 Å². The van der Waals surface area contributed by atoms with Crippen molar-refractivity contribution in [1.29, 1.82) is 0 Å². The topological polar surface area (TPSA) is 92.6 Å². The van der Waals surface area contributed by atoms with E-state index in [1.54, 1.807) is 23.6 Å². The Bertz CT molecular complexity index is 444. The molecule has 2 rings (SSSR count). The Morgan fingerprint density at radius 2 is 1.42 bits per heavy atom. The van der Waals surface area contributed by atoms with Crippen LogP contribution in [0.5, 0.6) is 0 Å². The van der Waals surface area contributed by atoms with Gasteiger partial charge >= 0.3 is 12.2 Å². The van der Waals surface area contributed by atoms with Gasteiger partial charge in [0.1, 0.15) is 0 Å². The average Bonchev–Trinajstić information content (AvgIpc) is 2.63. The number of hydrogen-bond donors (Lipinski definition) is 2. The molecule has 0 unspecified atom stereocenters. The first kappa shape index (κ1) is 20.3. The predicted molar refractivity (Wildman–Crippen MR) is 93.9 cm³/mol. The van der Waals surface area contributed by atoms with Crippen molar-refractivity contribution in [3.05, 3.63) is 0 Å². The second-order valence-electron chi connectivity index (χ2n) is 6.64. The van der Waals surface area contributed by atoms with E-state index in [2.05, 4.69) is 5.32 Å². The van der Waals surface area contributed by atoms with Gasteiger partial charge in [-0.15, -0.1) is 0 Å². The zero-order chi connectivity index (χ0) is 18.9. The minimum atomic E-state index is -0.277. The van der Waals surface area contributed by atoms with Crippen LogP contribution in [-0.2, 0) is 14.3 Å². The van der Waals surface area contributed by atoms with E-state index >= 15 is 0 Å². The maximum Gasteiger partial charge on any atom is 0.410 e. The predicted octanol–water partition coefficient (Wildman–Crippen LogP) is -0.919. The first-order valence-electron chi connectivity index (χ1n) is 9.49. The number of nitrogens with one attached hydrogen (secondary N) is 2. The standard InChI is InChI=1S/C17H30N4O5/c1-3-25-16(23)20-7-5-14(6-8-20)18-15(22)13-19-9-11-21(12-10-19)17(24)26-4-2/h14H,3-13H2,1-2H3,(H,18,22)/p+1. The number of piperidine rings is 1. The summed E-state index contributed by atoms with van der Waals surface area (Å²) in [6, 6.07) is 0.105. The van der Waals surface area contributed by atoms with Gasteiger partial charge in [-0.05, 0) is 26.7 Å². The largest absolute Gasteiger partial charge is 0.450 e. The van der Waals surface area contributed by atoms with Crippen molar-refractivity contribution in [3.8, 4) is 0 Å². The van der Waals surface area contributed by atoms with E-state index in [0.29, 0.717) is 45.9 Å². The lowest BCUT2D eigenvalue weighted by Gasteiger charge is -2.33. The molecule has 9 heteroatoms. The molecule has 0 aliphatic carbocycles. The van der Waals surface area contributed by atoms with Gasteiger partial charge in [-0.3, -0.25) is 9.69 Å². The van der Waals surface area contributed by atoms with Gasteiger partial charge in [-0.1, -0.05) is 0 Å². The monoisotopic (exact) mass is 371 g/mol. The summed E-state index contributed by atoms with van der Waals surface area (Å²) in [6.45, 7) is 8.67. The molecule has 2 aliphatic rings. The minimum Gasteiger partial charge on any atom is -0.450 e. The second kappa shape index (κ2) is 10.2.